The number of rotatable bonds is 8. The molecule has 0 spiro atoms. The number of methoxy groups -OCH3 is 2. The zero-order chi connectivity index (χ0) is 18.4. The van der Waals surface area contributed by atoms with Crippen LogP contribution in [0.2, 0.25) is 0 Å². The van der Waals surface area contributed by atoms with E-state index in [1.165, 1.54) is 26.4 Å². The molecule has 1 N–H and O–H groups in total. The Labute approximate surface area is 148 Å². The van der Waals surface area contributed by atoms with Crippen LogP contribution in [0.4, 0.5) is 0 Å². The molecule has 2 aromatic carbocycles. The number of ether oxygens (including phenoxy) is 3. The third-order valence-corrected chi connectivity index (χ3v) is 5.26. The molecule has 0 aliphatic carbocycles. The smallest absolute Gasteiger partial charge is 0.244 e. The second kappa shape index (κ2) is 8.22. The number of nitrogens with one attached hydrogen (secondary N) is 1. The highest BCUT2D eigenvalue weighted by Crippen LogP contribution is 2.29. The quantitative estimate of drug-likeness (QED) is 0.778. The van der Waals surface area contributed by atoms with Crippen molar-refractivity contribution in [2.75, 3.05) is 20.8 Å². The second-order valence-electron chi connectivity index (χ2n) is 5.36. The minimum Gasteiger partial charge on any atom is -0.497 e. The van der Waals surface area contributed by atoms with Gasteiger partial charge in [0.1, 0.15) is 22.1 Å². The maximum absolute atomic E-state index is 12.7. The van der Waals surface area contributed by atoms with Gasteiger partial charge in [0.05, 0.1) is 20.8 Å². The van der Waals surface area contributed by atoms with Crippen LogP contribution >= 0.6 is 0 Å². The zero-order valence-corrected chi connectivity index (χ0v) is 15.6. The van der Waals surface area contributed by atoms with Crippen molar-refractivity contribution in [2.45, 2.75) is 24.8 Å². The Kier molecular flexibility index (Phi) is 6.27. The van der Waals surface area contributed by atoms with Gasteiger partial charge < -0.3 is 14.2 Å². The first kappa shape index (κ1) is 19.1. The van der Waals surface area contributed by atoms with Crippen molar-refractivity contribution in [1.29, 1.82) is 0 Å². The molecule has 0 aliphatic rings. The summed E-state index contributed by atoms with van der Waals surface area (Å²) >= 11 is 0. The summed E-state index contributed by atoms with van der Waals surface area (Å²) in [6, 6.07) is 11.5. The molecule has 0 aromatic heterocycles. The lowest BCUT2D eigenvalue weighted by atomic mass is 10.1. The van der Waals surface area contributed by atoms with Gasteiger partial charge in [-0.2, -0.15) is 0 Å². The Morgan fingerprint density at radius 2 is 1.64 bits per heavy atom. The summed E-state index contributed by atoms with van der Waals surface area (Å²) in [5, 5.41) is 0. The van der Waals surface area contributed by atoms with E-state index in [1.807, 2.05) is 31.2 Å². The van der Waals surface area contributed by atoms with Gasteiger partial charge in [0.15, 0.2) is 0 Å². The highest BCUT2D eigenvalue weighted by atomic mass is 32.2. The average molecular weight is 365 g/mol. The Hall–Kier alpha value is -2.25. The maximum atomic E-state index is 12.7. The van der Waals surface area contributed by atoms with E-state index < -0.39 is 16.1 Å². The first-order valence-electron chi connectivity index (χ1n) is 7.88. The van der Waals surface area contributed by atoms with Gasteiger partial charge in [0.25, 0.3) is 0 Å². The molecule has 0 amide bonds. The molecule has 0 saturated heterocycles. The molecule has 2 rings (SSSR count). The summed E-state index contributed by atoms with van der Waals surface area (Å²) < 4.78 is 43.8. The van der Waals surface area contributed by atoms with Crippen molar-refractivity contribution in [3.63, 3.8) is 0 Å². The molecule has 136 valence electrons. The van der Waals surface area contributed by atoms with Crippen molar-refractivity contribution in [3.05, 3.63) is 48.0 Å². The first-order valence-corrected chi connectivity index (χ1v) is 9.36. The molecule has 2 aromatic rings. The summed E-state index contributed by atoms with van der Waals surface area (Å²) in [6.45, 7) is 4.27. The minimum absolute atomic E-state index is 0.0635. The first-order chi connectivity index (χ1) is 11.9. The van der Waals surface area contributed by atoms with Crippen LogP contribution in [-0.4, -0.2) is 29.2 Å². The van der Waals surface area contributed by atoms with Crippen LogP contribution in [0.5, 0.6) is 17.2 Å². The molecule has 0 radical (unpaired) electrons. The predicted octanol–water partition coefficient (Wildman–Crippen LogP) is 3.14. The third-order valence-electron chi connectivity index (χ3n) is 3.68. The fourth-order valence-electron chi connectivity index (χ4n) is 2.38. The minimum atomic E-state index is -3.76. The molecular weight excluding hydrogens is 342 g/mol. The molecule has 0 saturated carbocycles. The van der Waals surface area contributed by atoms with E-state index in [9.17, 15) is 8.42 Å². The zero-order valence-electron chi connectivity index (χ0n) is 14.8. The lowest BCUT2D eigenvalue weighted by molar-refractivity contribution is 0.340. The van der Waals surface area contributed by atoms with Crippen LogP contribution in [0.1, 0.15) is 25.5 Å². The summed E-state index contributed by atoms with van der Waals surface area (Å²) in [7, 11) is -0.828. The molecule has 0 heterocycles. The normalized spacial score (nSPS) is 12.5. The van der Waals surface area contributed by atoms with Crippen molar-refractivity contribution in [2.24, 2.45) is 0 Å². The Balaban J connectivity index is 2.22. The van der Waals surface area contributed by atoms with E-state index in [-0.39, 0.29) is 10.6 Å². The number of sulfonamides is 1. The van der Waals surface area contributed by atoms with Gasteiger partial charge in [0.2, 0.25) is 10.0 Å². The van der Waals surface area contributed by atoms with Crippen LogP contribution in [0.15, 0.2) is 47.4 Å². The van der Waals surface area contributed by atoms with Gasteiger partial charge in [-0.25, -0.2) is 13.1 Å². The van der Waals surface area contributed by atoms with Gasteiger partial charge in [0, 0.05) is 12.1 Å². The van der Waals surface area contributed by atoms with E-state index >= 15 is 0 Å². The lowest BCUT2D eigenvalue weighted by Gasteiger charge is -2.17. The van der Waals surface area contributed by atoms with Gasteiger partial charge in [-0.15, -0.1) is 0 Å². The molecule has 0 bridgehead atoms. The Morgan fingerprint density at radius 1 is 1.00 bits per heavy atom. The molecule has 1 atom stereocenters. The lowest BCUT2D eigenvalue weighted by Crippen LogP contribution is -2.27. The van der Waals surface area contributed by atoms with E-state index in [1.54, 1.807) is 13.0 Å². The van der Waals surface area contributed by atoms with Crippen LogP contribution in [-0.2, 0) is 10.0 Å². The second-order valence-corrected chi connectivity index (χ2v) is 7.04. The van der Waals surface area contributed by atoms with Crippen LogP contribution in [0.3, 0.4) is 0 Å². The van der Waals surface area contributed by atoms with E-state index in [0.717, 1.165) is 11.3 Å². The predicted molar refractivity (Wildman–Crippen MR) is 95.9 cm³/mol. The molecule has 6 nitrogen and oxygen atoms in total. The summed E-state index contributed by atoms with van der Waals surface area (Å²) in [5.74, 6) is 1.50. The highest BCUT2D eigenvalue weighted by molar-refractivity contribution is 7.89. The topological polar surface area (TPSA) is 73.9 Å². The maximum Gasteiger partial charge on any atom is 0.244 e. The SMILES string of the molecule is CCOc1ccc(C(C)NS(=O)(=O)c2ccc(OC)cc2OC)cc1. The van der Waals surface area contributed by atoms with Crippen LogP contribution in [0, 0.1) is 0 Å². The number of hydrogen-bond acceptors (Lipinski definition) is 5. The van der Waals surface area contributed by atoms with Gasteiger partial charge >= 0.3 is 0 Å². The van der Waals surface area contributed by atoms with Gasteiger partial charge in [-0.1, -0.05) is 12.1 Å². The Morgan fingerprint density at radius 3 is 2.20 bits per heavy atom. The molecule has 25 heavy (non-hydrogen) atoms. The molecule has 0 fully saturated rings. The number of benzene rings is 2. The van der Waals surface area contributed by atoms with E-state index in [2.05, 4.69) is 4.72 Å². The van der Waals surface area contributed by atoms with E-state index in [4.69, 9.17) is 14.2 Å². The summed E-state index contributed by atoms with van der Waals surface area (Å²) in [5.41, 5.74) is 0.833. The van der Waals surface area contributed by atoms with Crippen molar-refractivity contribution >= 4 is 10.0 Å². The van der Waals surface area contributed by atoms with Crippen molar-refractivity contribution in [3.8, 4) is 17.2 Å². The molecule has 7 heteroatoms. The van der Waals surface area contributed by atoms with Crippen LogP contribution in [0.25, 0.3) is 0 Å². The molecule has 0 aliphatic heterocycles. The molecule has 1 unspecified atom stereocenters. The van der Waals surface area contributed by atoms with Crippen LogP contribution < -0.4 is 18.9 Å². The third kappa shape index (κ3) is 4.64. The van der Waals surface area contributed by atoms with Gasteiger partial charge in [-0.3, -0.25) is 0 Å². The Bertz CT molecular complexity index is 803. The standard InChI is InChI=1S/C18H23NO5S/c1-5-24-15-8-6-14(7-9-15)13(2)19-25(20,21)18-11-10-16(22-3)12-17(18)23-4/h6-13,19H,5H2,1-4H3. The largest absolute Gasteiger partial charge is 0.497 e. The highest BCUT2D eigenvalue weighted by Gasteiger charge is 2.23. The van der Waals surface area contributed by atoms with Crippen molar-refractivity contribution < 1.29 is 22.6 Å². The fraction of sp³-hybridized carbons (Fsp3) is 0.333. The number of hydrogen-bond donors (Lipinski definition) is 1. The summed E-state index contributed by atoms with van der Waals surface area (Å²) in [6.07, 6.45) is 0. The van der Waals surface area contributed by atoms with E-state index in [0.29, 0.717) is 12.4 Å². The fourth-order valence-corrected chi connectivity index (χ4v) is 3.76. The monoisotopic (exact) mass is 365 g/mol. The van der Waals surface area contributed by atoms with Crippen molar-refractivity contribution in [1.82, 2.24) is 4.72 Å². The van der Waals surface area contributed by atoms with Gasteiger partial charge in [-0.05, 0) is 43.7 Å². The summed E-state index contributed by atoms with van der Waals surface area (Å²) in [4.78, 5) is 0.0635. The molecular formula is C18H23NO5S. The average Bonchev–Trinajstić information content (AvgIpc) is 2.61.